The van der Waals surface area contributed by atoms with Crippen LogP contribution >= 0.6 is 0 Å². The molecule has 0 amide bonds. The molecule has 5 nitrogen and oxygen atoms in total. The maximum Gasteiger partial charge on any atom is 0.416 e. The van der Waals surface area contributed by atoms with Crippen molar-refractivity contribution in [1.29, 1.82) is 0 Å². The Morgan fingerprint density at radius 2 is 1.80 bits per heavy atom. The average molecular weight is 351 g/mol. The zero-order valence-electron chi connectivity index (χ0n) is 13.9. The molecule has 8 heteroatoms. The van der Waals surface area contributed by atoms with Gasteiger partial charge in [0.15, 0.2) is 0 Å². The average Bonchev–Trinajstić information content (AvgIpc) is 2.62. The van der Waals surface area contributed by atoms with E-state index in [1.54, 1.807) is 18.5 Å². The third-order valence-electron chi connectivity index (χ3n) is 4.44. The second-order valence-corrected chi connectivity index (χ2v) is 6.26. The fourth-order valence-corrected chi connectivity index (χ4v) is 3.07. The van der Waals surface area contributed by atoms with E-state index in [2.05, 4.69) is 15.0 Å². The molecule has 3 rings (SSSR count). The van der Waals surface area contributed by atoms with Crippen molar-refractivity contribution < 1.29 is 13.2 Å². The Morgan fingerprint density at radius 1 is 1.12 bits per heavy atom. The Morgan fingerprint density at radius 3 is 2.44 bits per heavy atom. The van der Waals surface area contributed by atoms with Gasteiger partial charge in [-0.05, 0) is 37.0 Å². The number of anilines is 2. The van der Waals surface area contributed by atoms with E-state index in [1.165, 1.54) is 6.20 Å². The van der Waals surface area contributed by atoms with E-state index < -0.39 is 11.7 Å². The van der Waals surface area contributed by atoms with E-state index in [0.717, 1.165) is 31.5 Å². The maximum absolute atomic E-state index is 12.8. The fourth-order valence-electron chi connectivity index (χ4n) is 3.07. The first-order valence-corrected chi connectivity index (χ1v) is 8.20. The van der Waals surface area contributed by atoms with Crippen LogP contribution in [0.3, 0.4) is 0 Å². The molecule has 1 aliphatic rings. The smallest absolute Gasteiger partial charge is 0.357 e. The molecule has 0 aromatic carbocycles. The van der Waals surface area contributed by atoms with Crippen LogP contribution in [0.4, 0.5) is 24.9 Å². The normalized spacial score (nSPS) is 16.1. The summed E-state index contributed by atoms with van der Waals surface area (Å²) in [7, 11) is 1.95. The summed E-state index contributed by atoms with van der Waals surface area (Å²) < 4.78 is 38.5. The molecule has 0 saturated carbocycles. The predicted molar refractivity (Wildman–Crippen MR) is 89.5 cm³/mol. The fraction of sp³-hybridized carbons (Fsp3) is 0.471. The van der Waals surface area contributed by atoms with Crippen LogP contribution < -0.4 is 9.80 Å². The summed E-state index contributed by atoms with van der Waals surface area (Å²) in [5.74, 6) is 1.54. The Balaban J connectivity index is 1.57. The SMILES string of the molecule is CN(CC1CCN(c2cc(C(F)(F)F)ccn2)CC1)c1ncccn1. The maximum atomic E-state index is 12.8. The molecule has 1 aliphatic heterocycles. The van der Waals surface area contributed by atoms with E-state index in [0.29, 0.717) is 30.8 Å². The van der Waals surface area contributed by atoms with Gasteiger partial charge in [-0.3, -0.25) is 0 Å². The van der Waals surface area contributed by atoms with Crippen molar-refractivity contribution >= 4 is 11.8 Å². The summed E-state index contributed by atoms with van der Waals surface area (Å²) >= 11 is 0. The lowest BCUT2D eigenvalue weighted by molar-refractivity contribution is -0.137. The number of halogens is 3. The van der Waals surface area contributed by atoms with Crippen molar-refractivity contribution in [2.24, 2.45) is 5.92 Å². The van der Waals surface area contributed by atoms with Gasteiger partial charge in [0.25, 0.3) is 0 Å². The molecule has 2 aromatic rings. The molecule has 0 spiro atoms. The number of hydrogen-bond acceptors (Lipinski definition) is 5. The van der Waals surface area contributed by atoms with Gasteiger partial charge < -0.3 is 9.80 Å². The van der Waals surface area contributed by atoms with Gasteiger partial charge in [0.05, 0.1) is 5.56 Å². The van der Waals surface area contributed by atoms with Gasteiger partial charge >= 0.3 is 6.18 Å². The minimum atomic E-state index is -4.34. The first-order chi connectivity index (χ1) is 11.9. The molecule has 0 radical (unpaired) electrons. The third kappa shape index (κ3) is 4.37. The van der Waals surface area contributed by atoms with Crippen LogP contribution in [-0.2, 0) is 6.18 Å². The number of alkyl halides is 3. The second-order valence-electron chi connectivity index (χ2n) is 6.26. The zero-order valence-corrected chi connectivity index (χ0v) is 13.9. The summed E-state index contributed by atoms with van der Waals surface area (Å²) in [6.45, 7) is 2.22. The predicted octanol–water partition coefficient (Wildman–Crippen LogP) is 3.24. The first kappa shape index (κ1) is 17.4. The van der Waals surface area contributed by atoms with Gasteiger partial charge in [-0.1, -0.05) is 0 Å². The highest BCUT2D eigenvalue weighted by Crippen LogP contribution is 2.31. The lowest BCUT2D eigenvalue weighted by Crippen LogP contribution is -2.38. The van der Waals surface area contributed by atoms with Crippen LogP contribution in [0.25, 0.3) is 0 Å². The highest BCUT2D eigenvalue weighted by atomic mass is 19.4. The molecule has 2 aromatic heterocycles. The second kappa shape index (κ2) is 7.25. The van der Waals surface area contributed by atoms with E-state index in [1.807, 2.05) is 16.8 Å². The molecule has 3 heterocycles. The van der Waals surface area contributed by atoms with Crippen molar-refractivity contribution in [2.75, 3.05) is 36.5 Å². The molecule has 0 atom stereocenters. The van der Waals surface area contributed by atoms with Crippen molar-refractivity contribution in [3.63, 3.8) is 0 Å². The monoisotopic (exact) mass is 351 g/mol. The Kier molecular flexibility index (Phi) is 5.06. The summed E-state index contributed by atoms with van der Waals surface area (Å²) in [5.41, 5.74) is -0.652. The van der Waals surface area contributed by atoms with Gasteiger partial charge in [-0.2, -0.15) is 13.2 Å². The van der Waals surface area contributed by atoms with E-state index in [9.17, 15) is 13.2 Å². The van der Waals surface area contributed by atoms with E-state index in [4.69, 9.17) is 0 Å². The van der Waals surface area contributed by atoms with Gasteiger partial charge in [0.1, 0.15) is 5.82 Å². The number of hydrogen-bond donors (Lipinski definition) is 0. The van der Waals surface area contributed by atoms with E-state index >= 15 is 0 Å². The van der Waals surface area contributed by atoms with Gasteiger partial charge in [-0.15, -0.1) is 0 Å². The molecule has 0 N–H and O–H groups in total. The molecule has 0 aliphatic carbocycles. The van der Waals surface area contributed by atoms with Gasteiger partial charge in [-0.25, -0.2) is 15.0 Å². The number of aromatic nitrogens is 3. The summed E-state index contributed by atoms with van der Waals surface area (Å²) in [5, 5.41) is 0. The Labute approximate surface area is 144 Å². The lowest BCUT2D eigenvalue weighted by Gasteiger charge is -2.34. The number of pyridine rings is 1. The quantitative estimate of drug-likeness (QED) is 0.846. The van der Waals surface area contributed by atoms with Crippen LogP contribution in [0.1, 0.15) is 18.4 Å². The molecule has 0 bridgehead atoms. The van der Waals surface area contributed by atoms with Crippen LogP contribution in [-0.4, -0.2) is 41.6 Å². The summed E-state index contributed by atoms with van der Waals surface area (Å²) in [6, 6.07) is 3.91. The van der Waals surface area contributed by atoms with Crippen LogP contribution in [0.15, 0.2) is 36.8 Å². The third-order valence-corrected chi connectivity index (χ3v) is 4.44. The van der Waals surface area contributed by atoms with Gasteiger partial charge in [0.2, 0.25) is 5.95 Å². The number of piperidine rings is 1. The highest BCUT2D eigenvalue weighted by molar-refractivity contribution is 5.42. The lowest BCUT2D eigenvalue weighted by atomic mass is 9.96. The highest BCUT2D eigenvalue weighted by Gasteiger charge is 2.31. The Hall–Kier alpha value is -2.38. The van der Waals surface area contributed by atoms with Crippen LogP contribution in [0, 0.1) is 5.92 Å². The number of rotatable bonds is 4. The van der Waals surface area contributed by atoms with Crippen molar-refractivity contribution in [3.05, 3.63) is 42.4 Å². The van der Waals surface area contributed by atoms with Gasteiger partial charge in [0, 0.05) is 45.3 Å². The topological polar surface area (TPSA) is 45.2 Å². The largest absolute Gasteiger partial charge is 0.416 e. The van der Waals surface area contributed by atoms with Crippen LogP contribution in [0.5, 0.6) is 0 Å². The Bertz CT molecular complexity index is 684. The molecule has 134 valence electrons. The molecule has 25 heavy (non-hydrogen) atoms. The molecular weight excluding hydrogens is 331 g/mol. The van der Waals surface area contributed by atoms with Crippen molar-refractivity contribution in [3.8, 4) is 0 Å². The van der Waals surface area contributed by atoms with E-state index in [-0.39, 0.29) is 0 Å². The zero-order chi connectivity index (χ0) is 17.9. The number of nitrogens with zero attached hydrogens (tertiary/aromatic N) is 5. The minimum absolute atomic E-state index is 0.396. The molecule has 1 fully saturated rings. The van der Waals surface area contributed by atoms with Crippen molar-refractivity contribution in [2.45, 2.75) is 19.0 Å². The summed E-state index contributed by atoms with van der Waals surface area (Å²) in [4.78, 5) is 16.5. The summed E-state index contributed by atoms with van der Waals surface area (Å²) in [6.07, 6.45) is 2.10. The molecular formula is C17H20F3N5. The van der Waals surface area contributed by atoms with Crippen LogP contribution in [0.2, 0.25) is 0 Å². The minimum Gasteiger partial charge on any atom is -0.357 e. The van der Waals surface area contributed by atoms with Crippen molar-refractivity contribution in [1.82, 2.24) is 15.0 Å². The molecule has 1 saturated heterocycles. The molecule has 0 unspecified atom stereocenters. The first-order valence-electron chi connectivity index (χ1n) is 8.20. The standard InChI is InChI=1S/C17H20F3N5/c1-24(16-22-6-2-7-23-16)12-13-4-9-25(10-5-13)15-11-14(3-8-21-15)17(18,19)20/h2-3,6-8,11,13H,4-5,9-10,12H2,1H3.